The average Bonchev–Trinajstić information content (AvgIpc) is 3.17. The molecule has 0 unspecified atom stereocenters. The van der Waals surface area contributed by atoms with Crippen LogP contribution >= 0.6 is 22.9 Å². The molecule has 8 nitrogen and oxygen atoms in total. The van der Waals surface area contributed by atoms with Gasteiger partial charge in [0, 0.05) is 26.2 Å². The van der Waals surface area contributed by atoms with Crippen molar-refractivity contribution in [1.29, 1.82) is 0 Å². The number of nitrogens with one attached hydrogen (secondary N) is 1. The molecule has 0 spiro atoms. The van der Waals surface area contributed by atoms with E-state index in [9.17, 15) is 18.0 Å². The van der Waals surface area contributed by atoms with Gasteiger partial charge in [-0.2, -0.15) is 4.31 Å². The van der Waals surface area contributed by atoms with E-state index in [1.807, 2.05) is 4.90 Å². The molecular weight excluding hydrogens is 450 g/mol. The van der Waals surface area contributed by atoms with Crippen LogP contribution in [0.5, 0.6) is 0 Å². The molecule has 0 atom stereocenters. The summed E-state index contributed by atoms with van der Waals surface area (Å²) >= 11 is 7.29. The Morgan fingerprint density at radius 3 is 2.53 bits per heavy atom. The maximum absolute atomic E-state index is 12.8. The van der Waals surface area contributed by atoms with Gasteiger partial charge >= 0.3 is 5.97 Å². The lowest BCUT2D eigenvalue weighted by Gasteiger charge is -2.33. The van der Waals surface area contributed by atoms with Crippen molar-refractivity contribution in [2.24, 2.45) is 0 Å². The van der Waals surface area contributed by atoms with Crippen molar-refractivity contribution in [3.63, 3.8) is 0 Å². The van der Waals surface area contributed by atoms with Crippen molar-refractivity contribution in [1.82, 2.24) is 9.21 Å². The molecule has 1 aromatic heterocycles. The lowest BCUT2D eigenvalue weighted by atomic mass is 10.3. The second kappa shape index (κ2) is 9.88. The molecular formula is C19H22ClN3O5S2. The molecule has 1 amide bonds. The number of benzene rings is 1. The van der Waals surface area contributed by atoms with E-state index in [4.69, 9.17) is 16.3 Å². The molecule has 1 aliphatic heterocycles. The van der Waals surface area contributed by atoms with Crippen LogP contribution in [-0.2, 0) is 19.6 Å². The quantitative estimate of drug-likeness (QED) is 0.623. The Labute approximate surface area is 184 Å². The largest absolute Gasteiger partial charge is 0.462 e. The Balaban J connectivity index is 1.55. The molecule has 0 bridgehead atoms. The van der Waals surface area contributed by atoms with Gasteiger partial charge in [-0.3, -0.25) is 9.69 Å². The number of sulfonamides is 1. The summed E-state index contributed by atoms with van der Waals surface area (Å²) in [6.45, 7) is 3.40. The Morgan fingerprint density at radius 2 is 1.87 bits per heavy atom. The normalized spacial score (nSPS) is 15.7. The van der Waals surface area contributed by atoms with Crippen LogP contribution < -0.4 is 5.32 Å². The van der Waals surface area contributed by atoms with E-state index in [1.165, 1.54) is 21.7 Å². The van der Waals surface area contributed by atoms with Gasteiger partial charge in [-0.05, 0) is 30.5 Å². The first-order chi connectivity index (χ1) is 14.3. The SMILES string of the molecule is CCOC(=O)c1ccsc1NC(=O)CN1CCN(S(=O)(=O)c2ccccc2Cl)CC1. The minimum Gasteiger partial charge on any atom is -0.462 e. The van der Waals surface area contributed by atoms with Gasteiger partial charge in [-0.25, -0.2) is 13.2 Å². The number of halogens is 1. The fraction of sp³-hybridized carbons (Fsp3) is 0.368. The van der Waals surface area contributed by atoms with Gasteiger partial charge in [0.15, 0.2) is 0 Å². The second-order valence-electron chi connectivity index (χ2n) is 6.54. The maximum atomic E-state index is 12.8. The van der Waals surface area contributed by atoms with E-state index in [2.05, 4.69) is 5.32 Å². The van der Waals surface area contributed by atoms with Crippen LogP contribution in [0.15, 0.2) is 40.6 Å². The van der Waals surface area contributed by atoms with Crippen LogP contribution in [0.25, 0.3) is 0 Å². The molecule has 2 heterocycles. The Bertz CT molecular complexity index is 1020. The smallest absolute Gasteiger partial charge is 0.341 e. The van der Waals surface area contributed by atoms with Gasteiger partial charge in [0.25, 0.3) is 0 Å². The number of nitrogens with zero attached hydrogens (tertiary/aromatic N) is 2. The first-order valence-corrected chi connectivity index (χ1v) is 12.0. The summed E-state index contributed by atoms with van der Waals surface area (Å²) in [6, 6.07) is 7.95. The molecule has 1 saturated heterocycles. The van der Waals surface area contributed by atoms with Gasteiger partial charge in [0.05, 0.1) is 23.7 Å². The van der Waals surface area contributed by atoms with Gasteiger partial charge in [-0.15, -0.1) is 11.3 Å². The third-order valence-corrected chi connectivity index (χ3v) is 7.79. The summed E-state index contributed by atoms with van der Waals surface area (Å²) in [5.41, 5.74) is 0.325. The number of piperazine rings is 1. The van der Waals surface area contributed by atoms with E-state index >= 15 is 0 Å². The molecule has 1 aliphatic rings. The molecule has 0 aliphatic carbocycles. The zero-order chi connectivity index (χ0) is 21.7. The number of amides is 1. The molecule has 1 aromatic carbocycles. The van der Waals surface area contributed by atoms with Crippen molar-refractivity contribution in [2.75, 3.05) is 44.6 Å². The topological polar surface area (TPSA) is 96.0 Å². The van der Waals surface area contributed by atoms with Crippen LogP contribution in [0, 0.1) is 0 Å². The minimum absolute atomic E-state index is 0.0852. The van der Waals surface area contributed by atoms with Crippen molar-refractivity contribution >= 4 is 49.8 Å². The molecule has 162 valence electrons. The zero-order valence-electron chi connectivity index (χ0n) is 16.3. The predicted molar refractivity (Wildman–Crippen MR) is 116 cm³/mol. The molecule has 1 N–H and O–H groups in total. The lowest BCUT2D eigenvalue weighted by molar-refractivity contribution is -0.117. The highest BCUT2D eigenvalue weighted by atomic mass is 35.5. The number of hydrogen-bond acceptors (Lipinski definition) is 7. The number of esters is 1. The van der Waals surface area contributed by atoms with Gasteiger partial charge in [0.1, 0.15) is 9.90 Å². The third-order valence-electron chi connectivity index (χ3n) is 4.57. The number of anilines is 1. The van der Waals surface area contributed by atoms with Crippen LogP contribution in [-0.4, -0.2) is 68.8 Å². The molecule has 0 radical (unpaired) electrons. The second-order valence-corrected chi connectivity index (χ2v) is 9.77. The number of thiophene rings is 1. The maximum Gasteiger partial charge on any atom is 0.341 e. The highest BCUT2D eigenvalue weighted by Gasteiger charge is 2.30. The standard InChI is InChI=1S/C19H22ClN3O5S2/c1-2-28-19(25)14-7-12-29-18(14)21-17(24)13-22-8-10-23(11-9-22)30(26,27)16-6-4-3-5-15(16)20/h3-7,12H,2,8-11,13H2,1H3,(H,21,24). The first kappa shape index (κ1) is 22.7. The monoisotopic (exact) mass is 471 g/mol. The molecule has 0 saturated carbocycles. The average molecular weight is 472 g/mol. The van der Waals surface area contributed by atoms with Gasteiger partial charge in [0.2, 0.25) is 15.9 Å². The predicted octanol–water partition coefficient (Wildman–Crippen LogP) is 2.52. The van der Waals surface area contributed by atoms with Crippen molar-refractivity contribution in [3.05, 3.63) is 46.3 Å². The van der Waals surface area contributed by atoms with Crippen LogP contribution in [0.3, 0.4) is 0 Å². The Kier molecular flexibility index (Phi) is 7.48. The number of carbonyl (C=O) groups is 2. The van der Waals surface area contributed by atoms with Gasteiger partial charge in [-0.1, -0.05) is 23.7 Å². The van der Waals surface area contributed by atoms with Crippen LogP contribution in [0.2, 0.25) is 5.02 Å². The molecule has 11 heteroatoms. The summed E-state index contributed by atoms with van der Waals surface area (Å²) in [5, 5.41) is 5.08. The van der Waals surface area contributed by atoms with Crippen molar-refractivity contribution < 1.29 is 22.7 Å². The van der Waals surface area contributed by atoms with Crippen molar-refractivity contribution in [3.8, 4) is 0 Å². The molecule has 30 heavy (non-hydrogen) atoms. The molecule has 2 aromatic rings. The Hall–Kier alpha value is -1.98. The summed E-state index contributed by atoms with van der Waals surface area (Å²) in [4.78, 5) is 26.3. The summed E-state index contributed by atoms with van der Waals surface area (Å²) < 4.78 is 32.0. The first-order valence-electron chi connectivity index (χ1n) is 9.34. The van der Waals surface area contributed by atoms with E-state index in [0.717, 1.165) is 0 Å². The highest BCUT2D eigenvalue weighted by Crippen LogP contribution is 2.26. The third kappa shape index (κ3) is 5.19. The van der Waals surface area contributed by atoms with Crippen LogP contribution in [0.1, 0.15) is 17.3 Å². The van der Waals surface area contributed by atoms with E-state index < -0.39 is 16.0 Å². The molecule has 1 fully saturated rings. The fourth-order valence-corrected chi connectivity index (χ4v) is 5.77. The minimum atomic E-state index is -3.68. The van der Waals surface area contributed by atoms with Gasteiger partial charge < -0.3 is 10.1 Å². The number of rotatable bonds is 7. The number of carbonyl (C=O) groups excluding carboxylic acids is 2. The highest BCUT2D eigenvalue weighted by molar-refractivity contribution is 7.89. The summed E-state index contributed by atoms with van der Waals surface area (Å²) in [5.74, 6) is -0.752. The number of ether oxygens (including phenoxy) is 1. The summed E-state index contributed by atoms with van der Waals surface area (Å²) in [6.07, 6.45) is 0. The van der Waals surface area contributed by atoms with Crippen LogP contribution in [0.4, 0.5) is 5.00 Å². The molecule has 3 rings (SSSR count). The van der Waals surface area contributed by atoms with E-state index in [1.54, 1.807) is 36.6 Å². The lowest BCUT2D eigenvalue weighted by Crippen LogP contribution is -2.50. The Morgan fingerprint density at radius 1 is 1.17 bits per heavy atom. The number of hydrogen-bond donors (Lipinski definition) is 1. The van der Waals surface area contributed by atoms with Crippen molar-refractivity contribution in [2.45, 2.75) is 11.8 Å². The van der Waals surface area contributed by atoms with E-state index in [-0.39, 0.29) is 42.1 Å². The summed E-state index contributed by atoms with van der Waals surface area (Å²) in [7, 11) is -3.68. The van der Waals surface area contributed by atoms with E-state index in [0.29, 0.717) is 23.7 Å². The fourth-order valence-electron chi connectivity index (χ4n) is 3.07. The zero-order valence-corrected chi connectivity index (χ0v) is 18.7.